The van der Waals surface area contributed by atoms with Gasteiger partial charge in [0.25, 0.3) is 0 Å². The number of hydrogen-bond acceptors (Lipinski definition) is 7. The summed E-state index contributed by atoms with van der Waals surface area (Å²) in [6, 6.07) is 8.00. The standard InChI is InChI=1S/C19H20N6O2S2/c1-2-24-15(11-16(26)21-18-20-8-10-28-18)22-23-19(24)29-12-17(27)25-9-7-13-5-3-4-6-14(13)25/h3-6,8,10H,2,7,9,11-12H2,1H3,(H,20,21,26). The first-order chi connectivity index (χ1) is 14.2. The van der Waals surface area contributed by atoms with Crippen molar-refractivity contribution in [3.05, 3.63) is 47.2 Å². The molecular formula is C19H20N6O2S2. The van der Waals surface area contributed by atoms with Crippen molar-refractivity contribution in [1.29, 1.82) is 0 Å². The zero-order chi connectivity index (χ0) is 20.2. The van der Waals surface area contributed by atoms with E-state index in [4.69, 9.17) is 0 Å². The summed E-state index contributed by atoms with van der Waals surface area (Å²) in [4.78, 5) is 30.8. The molecule has 1 aliphatic heterocycles. The van der Waals surface area contributed by atoms with Crippen molar-refractivity contribution in [2.45, 2.75) is 31.5 Å². The van der Waals surface area contributed by atoms with Gasteiger partial charge in [0.2, 0.25) is 11.8 Å². The lowest BCUT2D eigenvalue weighted by molar-refractivity contribution is -0.116. The fourth-order valence-corrected chi connectivity index (χ4v) is 4.71. The zero-order valence-corrected chi connectivity index (χ0v) is 17.5. The molecule has 2 amide bonds. The molecule has 4 rings (SSSR count). The molecule has 0 saturated heterocycles. The van der Waals surface area contributed by atoms with E-state index in [1.54, 1.807) is 11.6 Å². The van der Waals surface area contributed by atoms with Crippen LogP contribution in [-0.2, 0) is 29.0 Å². The maximum Gasteiger partial charge on any atom is 0.237 e. The molecule has 150 valence electrons. The first kappa shape index (κ1) is 19.6. The Labute approximate surface area is 176 Å². The zero-order valence-electron chi connectivity index (χ0n) is 15.9. The number of thioether (sulfide) groups is 1. The SMILES string of the molecule is CCn1c(CC(=O)Nc2nccs2)nnc1SCC(=O)N1CCc2ccccc21. The Hall–Kier alpha value is -2.72. The fraction of sp³-hybridized carbons (Fsp3) is 0.316. The molecule has 0 aliphatic carbocycles. The van der Waals surface area contributed by atoms with Crippen molar-refractivity contribution in [3.63, 3.8) is 0 Å². The van der Waals surface area contributed by atoms with E-state index in [2.05, 4.69) is 26.6 Å². The highest BCUT2D eigenvalue weighted by atomic mass is 32.2. The number of rotatable bonds is 7. The summed E-state index contributed by atoms with van der Waals surface area (Å²) in [6.45, 7) is 3.30. The van der Waals surface area contributed by atoms with E-state index in [1.165, 1.54) is 28.7 Å². The van der Waals surface area contributed by atoms with Crippen LogP contribution in [0.5, 0.6) is 0 Å². The number of nitrogens with zero attached hydrogens (tertiary/aromatic N) is 5. The number of amides is 2. The van der Waals surface area contributed by atoms with Gasteiger partial charge in [-0.05, 0) is 25.0 Å². The van der Waals surface area contributed by atoms with Crippen LogP contribution in [0.4, 0.5) is 10.8 Å². The molecule has 1 aromatic carbocycles. The molecule has 1 aliphatic rings. The van der Waals surface area contributed by atoms with E-state index in [0.717, 1.165) is 12.1 Å². The third kappa shape index (κ3) is 4.33. The molecule has 0 radical (unpaired) electrons. The van der Waals surface area contributed by atoms with Crippen LogP contribution in [0.3, 0.4) is 0 Å². The molecule has 0 saturated carbocycles. The first-order valence-corrected chi connectivity index (χ1v) is 11.1. The number of anilines is 2. The van der Waals surface area contributed by atoms with Crippen molar-refractivity contribution in [1.82, 2.24) is 19.7 Å². The minimum Gasteiger partial charge on any atom is -0.311 e. The van der Waals surface area contributed by atoms with Crippen molar-refractivity contribution in [2.75, 3.05) is 22.5 Å². The van der Waals surface area contributed by atoms with E-state index < -0.39 is 0 Å². The number of carbonyl (C=O) groups excluding carboxylic acids is 2. The normalized spacial score (nSPS) is 12.8. The molecule has 1 N–H and O–H groups in total. The van der Waals surface area contributed by atoms with Gasteiger partial charge in [0.05, 0.1) is 12.2 Å². The number of fused-ring (bicyclic) bond motifs is 1. The van der Waals surface area contributed by atoms with Gasteiger partial charge in [-0.2, -0.15) is 0 Å². The summed E-state index contributed by atoms with van der Waals surface area (Å²) in [5.74, 6) is 0.706. The van der Waals surface area contributed by atoms with Crippen molar-refractivity contribution in [2.24, 2.45) is 0 Å². The van der Waals surface area contributed by atoms with Crippen molar-refractivity contribution < 1.29 is 9.59 Å². The summed E-state index contributed by atoms with van der Waals surface area (Å²) in [5.41, 5.74) is 2.20. The van der Waals surface area contributed by atoms with Gasteiger partial charge in [-0.15, -0.1) is 21.5 Å². The van der Waals surface area contributed by atoms with Crippen LogP contribution in [0.25, 0.3) is 0 Å². The molecule has 8 nitrogen and oxygen atoms in total. The second kappa shape index (κ2) is 8.75. The number of para-hydroxylation sites is 1. The number of aromatic nitrogens is 4. The van der Waals surface area contributed by atoms with Crippen LogP contribution in [0, 0.1) is 0 Å². The molecule has 2 aromatic heterocycles. The first-order valence-electron chi connectivity index (χ1n) is 9.28. The van der Waals surface area contributed by atoms with E-state index in [-0.39, 0.29) is 24.0 Å². The third-order valence-electron chi connectivity index (χ3n) is 4.62. The molecule has 0 fully saturated rings. The molecule has 0 bridgehead atoms. The molecule has 0 spiro atoms. The van der Waals surface area contributed by atoms with E-state index in [1.807, 2.05) is 34.6 Å². The maximum atomic E-state index is 12.7. The van der Waals surface area contributed by atoms with Crippen molar-refractivity contribution >= 4 is 45.7 Å². The van der Waals surface area contributed by atoms with E-state index in [9.17, 15) is 9.59 Å². The highest BCUT2D eigenvalue weighted by Crippen LogP contribution is 2.28. The topological polar surface area (TPSA) is 93.0 Å². The predicted octanol–water partition coefficient (Wildman–Crippen LogP) is 2.62. The molecule has 10 heteroatoms. The number of carbonyl (C=O) groups is 2. The molecular weight excluding hydrogens is 408 g/mol. The molecule has 0 atom stereocenters. The summed E-state index contributed by atoms with van der Waals surface area (Å²) < 4.78 is 1.87. The van der Waals surface area contributed by atoms with Gasteiger partial charge in [0.15, 0.2) is 10.3 Å². The largest absolute Gasteiger partial charge is 0.311 e. The molecule has 29 heavy (non-hydrogen) atoms. The molecule has 3 heterocycles. The Morgan fingerprint density at radius 3 is 2.93 bits per heavy atom. The van der Waals surface area contributed by atoms with Crippen LogP contribution in [0.1, 0.15) is 18.3 Å². The highest BCUT2D eigenvalue weighted by Gasteiger charge is 2.25. The summed E-state index contributed by atoms with van der Waals surface area (Å²) in [5, 5.41) is 14.1. The Morgan fingerprint density at radius 2 is 2.14 bits per heavy atom. The lowest BCUT2D eigenvalue weighted by Crippen LogP contribution is -2.30. The summed E-state index contributed by atoms with van der Waals surface area (Å²) in [7, 11) is 0. The minimum atomic E-state index is -0.191. The Balaban J connectivity index is 1.38. The quantitative estimate of drug-likeness (QED) is 0.582. The monoisotopic (exact) mass is 428 g/mol. The Bertz CT molecular complexity index is 1020. The van der Waals surface area contributed by atoms with Crippen LogP contribution in [0.15, 0.2) is 41.0 Å². The summed E-state index contributed by atoms with van der Waals surface area (Å²) in [6.07, 6.45) is 2.63. The average molecular weight is 429 g/mol. The van der Waals surface area contributed by atoms with Crippen molar-refractivity contribution in [3.8, 4) is 0 Å². The van der Waals surface area contributed by atoms with Gasteiger partial charge in [0.1, 0.15) is 5.82 Å². The van der Waals surface area contributed by atoms with Crippen LogP contribution >= 0.6 is 23.1 Å². The number of nitrogens with one attached hydrogen (secondary N) is 1. The van der Waals surface area contributed by atoms with E-state index in [0.29, 0.717) is 29.2 Å². The van der Waals surface area contributed by atoms with Gasteiger partial charge in [0, 0.05) is 30.4 Å². The molecule has 3 aromatic rings. The van der Waals surface area contributed by atoms with Gasteiger partial charge >= 0.3 is 0 Å². The summed E-state index contributed by atoms with van der Waals surface area (Å²) >= 11 is 2.71. The Morgan fingerprint density at radius 1 is 1.28 bits per heavy atom. The van der Waals surface area contributed by atoms with Crippen LogP contribution in [-0.4, -0.2) is 43.9 Å². The predicted molar refractivity (Wildman–Crippen MR) is 113 cm³/mol. The fourth-order valence-electron chi connectivity index (χ4n) is 3.27. The lowest BCUT2D eigenvalue weighted by Gasteiger charge is -2.17. The second-order valence-electron chi connectivity index (χ2n) is 6.42. The smallest absolute Gasteiger partial charge is 0.237 e. The highest BCUT2D eigenvalue weighted by molar-refractivity contribution is 7.99. The third-order valence-corrected chi connectivity index (χ3v) is 6.26. The lowest BCUT2D eigenvalue weighted by atomic mass is 10.2. The van der Waals surface area contributed by atoms with Gasteiger partial charge in [-0.1, -0.05) is 30.0 Å². The van der Waals surface area contributed by atoms with Gasteiger partial charge in [-0.3, -0.25) is 9.59 Å². The second-order valence-corrected chi connectivity index (χ2v) is 8.26. The number of hydrogen-bond donors (Lipinski definition) is 1. The van der Waals surface area contributed by atoms with E-state index >= 15 is 0 Å². The Kier molecular flexibility index (Phi) is 5.91. The maximum absolute atomic E-state index is 12.7. The van der Waals surface area contributed by atoms with Crippen LogP contribution in [0.2, 0.25) is 0 Å². The number of thiazole rings is 1. The van der Waals surface area contributed by atoms with Gasteiger partial charge in [-0.25, -0.2) is 4.98 Å². The van der Waals surface area contributed by atoms with Gasteiger partial charge < -0.3 is 14.8 Å². The van der Waals surface area contributed by atoms with Crippen LogP contribution < -0.4 is 10.2 Å². The molecule has 0 unspecified atom stereocenters. The minimum absolute atomic E-state index is 0.0497. The number of benzene rings is 1. The average Bonchev–Trinajstić information content (AvgIpc) is 3.46.